The summed E-state index contributed by atoms with van der Waals surface area (Å²) in [6, 6.07) is 7.46. The van der Waals surface area contributed by atoms with Gasteiger partial charge in [0, 0.05) is 17.2 Å². The van der Waals surface area contributed by atoms with E-state index in [0.29, 0.717) is 17.0 Å². The quantitative estimate of drug-likeness (QED) is 0.745. The van der Waals surface area contributed by atoms with Gasteiger partial charge in [-0.25, -0.2) is 14.8 Å². The highest BCUT2D eigenvalue weighted by Gasteiger charge is 2.22. The van der Waals surface area contributed by atoms with Crippen LogP contribution in [0.15, 0.2) is 29.1 Å². The fourth-order valence-corrected chi connectivity index (χ4v) is 3.05. The van der Waals surface area contributed by atoms with Gasteiger partial charge in [-0.15, -0.1) is 0 Å². The molecule has 0 bridgehead atoms. The number of aromatic nitrogens is 4. The summed E-state index contributed by atoms with van der Waals surface area (Å²) < 4.78 is 7.22. The number of H-pyrrole nitrogens is 1. The smallest absolute Gasteiger partial charge is 0.327 e. The van der Waals surface area contributed by atoms with Crippen molar-refractivity contribution in [3.8, 4) is 5.75 Å². The summed E-state index contributed by atoms with van der Waals surface area (Å²) in [5, 5.41) is 0. The Bertz CT molecular complexity index is 1120. The van der Waals surface area contributed by atoms with Crippen LogP contribution < -0.4 is 16.2 Å². The molecule has 8 nitrogen and oxygen atoms in total. The maximum atomic E-state index is 12.3. The first-order valence-corrected chi connectivity index (χ1v) is 8.20. The molecule has 0 saturated heterocycles. The molecule has 3 N–H and O–H groups in total. The van der Waals surface area contributed by atoms with E-state index < -0.39 is 5.91 Å². The summed E-state index contributed by atoms with van der Waals surface area (Å²) >= 11 is 0. The number of hydrogen-bond acceptors (Lipinski definition) is 5. The van der Waals surface area contributed by atoms with Gasteiger partial charge in [-0.3, -0.25) is 9.36 Å². The number of hydrogen-bond donors (Lipinski definition) is 2. The molecule has 132 valence electrons. The van der Waals surface area contributed by atoms with Crippen molar-refractivity contribution in [2.75, 3.05) is 6.61 Å². The average Bonchev–Trinajstić information content (AvgIpc) is 2.96. The number of para-hydroxylation sites is 1. The molecule has 1 aliphatic heterocycles. The lowest BCUT2D eigenvalue weighted by molar-refractivity contribution is 0.0997. The van der Waals surface area contributed by atoms with Crippen molar-refractivity contribution in [1.82, 2.24) is 19.5 Å². The molecule has 0 atom stereocenters. The third-order valence-corrected chi connectivity index (χ3v) is 4.24. The van der Waals surface area contributed by atoms with Gasteiger partial charge in [0.05, 0.1) is 0 Å². The van der Waals surface area contributed by atoms with Gasteiger partial charge in [0.15, 0.2) is 17.2 Å². The second kappa shape index (κ2) is 5.83. The Morgan fingerprint density at radius 1 is 1.31 bits per heavy atom. The first-order valence-electron chi connectivity index (χ1n) is 8.20. The van der Waals surface area contributed by atoms with Crippen LogP contribution in [-0.4, -0.2) is 32.0 Å². The molecule has 0 saturated carbocycles. The summed E-state index contributed by atoms with van der Waals surface area (Å²) in [6.07, 6.45) is 1.91. The number of primary amides is 1. The van der Waals surface area contributed by atoms with E-state index in [4.69, 9.17) is 10.5 Å². The summed E-state index contributed by atoms with van der Waals surface area (Å²) in [5.74, 6) is 0.357. The highest BCUT2D eigenvalue weighted by molar-refractivity contribution is 6.02. The van der Waals surface area contributed by atoms with Gasteiger partial charge in [0.25, 0.3) is 5.91 Å². The number of rotatable bonds is 3. The van der Waals surface area contributed by atoms with Crippen molar-refractivity contribution < 1.29 is 9.53 Å². The van der Waals surface area contributed by atoms with Crippen LogP contribution in [0, 0.1) is 0 Å². The van der Waals surface area contributed by atoms with E-state index in [0.717, 1.165) is 11.3 Å². The van der Waals surface area contributed by atoms with Gasteiger partial charge in [-0.05, 0) is 26.0 Å². The van der Waals surface area contributed by atoms with Crippen molar-refractivity contribution >= 4 is 28.7 Å². The molecule has 0 spiro atoms. The molecule has 1 aromatic carbocycles. The molecule has 3 aromatic rings. The zero-order chi connectivity index (χ0) is 18.4. The SMILES string of the molecule is CC(C)n1c(=O)[nH]c2c(C(N)=O)nc(C3=Cc4ccccc4OC3)nc21. The number of nitrogens with two attached hydrogens (primary N) is 1. The van der Waals surface area contributed by atoms with Crippen molar-refractivity contribution in [3.05, 3.63) is 51.8 Å². The number of ether oxygens (including phenoxy) is 1. The minimum absolute atomic E-state index is 0.0127. The van der Waals surface area contributed by atoms with E-state index in [1.165, 1.54) is 4.57 Å². The Balaban J connectivity index is 1.97. The topological polar surface area (TPSA) is 116 Å². The largest absolute Gasteiger partial charge is 0.488 e. The molecular weight excluding hydrogens is 334 g/mol. The predicted molar refractivity (Wildman–Crippen MR) is 96.9 cm³/mol. The van der Waals surface area contributed by atoms with Gasteiger partial charge in [0.1, 0.15) is 17.9 Å². The molecule has 0 unspecified atom stereocenters. The molecule has 3 heterocycles. The van der Waals surface area contributed by atoms with Gasteiger partial charge < -0.3 is 15.5 Å². The number of fused-ring (bicyclic) bond motifs is 2. The van der Waals surface area contributed by atoms with Crippen molar-refractivity contribution in [2.45, 2.75) is 19.9 Å². The summed E-state index contributed by atoms with van der Waals surface area (Å²) in [6.45, 7) is 3.98. The second-order valence-corrected chi connectivity index (χ2v) is 6.35. The maximum Gasteiger partial charge on any atom is 0.327 e. The zero-order valence-corrected chi connectivity index (χ0v) is 14.3. The van der Waals surface area contributed by atoms with E-state index in [1.807, 2.05) is 44.2 Å². The third kappa shape index (κ3) is 2.46. The van der Waals surface area contributed by atoms with E-state index in [1.54, 1.807) is 0 Å². The molecule has 8 heteroatoms. The number of amides is 1. The summed E-state index contributed by atoms with van der Waals surface area (Å²) in [7, 11) is 0. The molecule has 4 rings (SSSR count). The fraction of sp³-hybridized carbons (Fsp3) is 0.222. The van der Waals surface area contributed by atoms with Crippen LogP contribution in [0.3, 0.4) is 0 Å². The zero-order valence-electron chi connectivity index (χ0n) is 14.3. The van der Waals surface area contributed by atoms with E-state index >= 15 is 0 Å². The Labute approximate surface area is 148 Å². The third-order valence-electron chi connectivity index (χ3n) is 4.24. The molecule has 1 amide bonds. The van der Waals surface area contributed by atoms with Crippen LogP contribution in [-0.2, 0) is 0 Å². The van der Waals surface area contributed by atoms with Crippen LogP contribution >= 0.6 is 0 Å². The van der Waals surface area contributed by atoms with Gasteiger partial charge in [-0.2, -0.15) is 0 Å². The number of carbonyl (C=O) groups excluding carboxylic acids is 1. The molecule has 0 aliphatic carbocycles. The van der Waals surface area contributed by atoms with Crippen LogP contribution in [0.1, 0.15) is 41.8 Å². The number of imidazole rings is 1. The fourth-order valence-electron chi connectivity index (χ4n) is 3.05. The maximum absolute atomic E-state index is 12.3. The standard InChI is InChI=1S/C18H17N5O3/c1-9(2)23-17-14(21-18(23)25)13(15(19)24)20-16(22-17)11-7-10-5-3-4-6-12(10)26-8-11/h3-7,9H,8H2,1-2H3,(H2,19,24)(H,21,25). The van der Waals surface area contributed by atoms with E-state index in [-0.39, 0.29) is 29.5 Å². The lowest BCUT2D eigenvalue weighted by Crippen LogP contribution is -2.19. The Kier molecular flexibility index (Phi) is 3.61. The van der Waals surface area contributed by atoms with Crippen LogP contribution in [0.2, 0.25) is 0 Å². The van der Waals surface area contributed by atoms with Crippen molar-refractivity contribution in [2.24, 2.45) is 5.73 Å². The minimum Gasteiger partial charge on any atom is -0.488 e. The molecule has 1 aliphatic rings. The van der Waals surface area contributed by atoms with Gasteiger partial charge in [0.2, 0.25) is 0 Å². The number of carbonyl (C=O) groups is 1. The first-order chi connectivity index (χ1) is 12.5. The number of nitrogens with one attached hydrogen (secondary N) is 1. The lowest BCUT2D eigenvalue weighted by Gasteiger charge is -2.17. The molecule has 0 fully saturated rings. The number of benzene rings is 1. The van der Waals surface area contributed by atoms with Crippen molar-refractivity contribution in [3.63, 3.8) is 0 Å². The molecule has 2 aromatic heterocycles. The number of nitrogens with zero attached hydrogens (tertiary/aromatic N) is 3. The van der Waals surface area contributed by atoms with Crippen LogP contribution in [0.25, 0.3) is 22.8 Å². The first kappa shape index (κ1) is 16.1. The normalized spacial score (nSPS) is 13.4. The Morgan fingerprint density at radius 2 is 2.08 bits per heavy atom. The summed E-state index contributed by atoms with van der Waals surface area (Å²) in [5.41, 5.74) is 7.31. The highest BCUT2D eigenvalue weighted by Crippen LogP contribution is 2.29. The lowest BCUT2D eigenvalue weighted by atomic mass is 10.1. The molecular formula is C18H17N5O3. The number of aromatic amines is 1. The van der Waals surface area contributed by atoms with Gasteiger partial charge >= 0.3 is 5.69 Å². The van der Waals surface area contributed by atoms with E-state index in [9.17, 15) is 9.59 Å². The minimum atomic E-state index is -0.728. The van der Waals surface area contributed by atoms with Crippen LogP contribution in [0.4, 0.5) is 0 Å². The van der Waals surface area contributed by atoms with Crippen molar-refractivity contribution in [1.29, 1.82) is 0 Å². The van der Waals surface area contributed by atoms with Gasteiger partial charge in [-0.1, -0.05) is 18.2 Å². The highest BCUT2D eigenvalue weighted by atomic mass is 16.5. The average molecular weight is 351 g/mol. The summed E-state index contributed by atoms with van der Waals surface area (Å²) in [4.78, 5) is 35.6. The van der Waals surface area contributed by atoms with Crippen LogP contribution in [0.5, 0.6) is 5.75 Å². The van der Waals surface area contributed by atoms with E-state index in [2.05, 4.69) is 15.0 Å². The Morgan fingerprint density at radius 3 is 2.81 bits per heavy atom. The molecule has 0 radical (unpaired) electrons. The predicted octanol–water partition coefficient (Wildman–Crippen LogP) is 1.73. The monoisotopic (exact) mass is 351 g/mol. The second-order valence-electron chi connectivity index (χ2n) is 6.35. The Hall–Kier alpha value is -3.42. The molecule has 26 heavy (non-hydrogen) atoms.